The molecule has 0 saturated carbocycles. The number of thiophene rings is 1. The molecule has 5 nitrogen and oxygen atoms in total. The molecule has 0 spiro atoms. The summed E-state index contributed by atoms with van der Waals surface area (Å²) in [5, 5.41) is 22.2. The molecule has 0 atom stereocenters. The van der Waals surface area contributed by atoms with E-state index in [1.54, 1.807) is 6.07 Å². The third-order valence-electron chi connectivity index (χ3n) is 1.51. The van der Waals surface area contributed by atoms with Crippen LogP contribution in [0, 0.1) is 10.1 Å². The summed E-state index contributed by atoms with van der Waals surface area (Å²) in [6, 6.07) is 3.11. The van der Waals surface area contributed by atoms with E-state index in [2.05, 4.69) is 10.2 Å². The monoisotopic (exact) mass is 271 g/mol. The Morgan fingerprint density at radius 3 is 2.69 bits per heavy atom. The van der Waals surface area contributed by atoms with Crippen molar-refractivity contribution >= 4 is 45.2 Å². The van der Waals surface area contributed by atoms with Gasteiger partial charge in [-0.25, -0.2) is 0 Å². The second-order valence-corrected chi connectivity index (χ2v) is 5.69. The van der Waals surface area contributed by atoms with Crippen molar-refractivity contribution in [2.45, 2.75) is 0 Å². The van der Waals surface area contributed by atoms with Crippen LogP contribution in [0.5, 0.6) is 0 Å². The Kier molecular flexibility index (Phi) is 3.54. The zero-order valence-corrected chi connectivity index (χ0v) is 10.2. The van der Waals surface area contributed by atoms with Crippen molar-refractivity contribution in [3.8, 4) is 0 Å². The van der Waals surface area contributed by atoms with Crippen LogP contribution in [0.15, 0.2) is 33.1 Å². The molecule has 2 aromatic rings. The molecule has 8 heteroatoms. The van der Waals surface area contributed by atoms with Gasteiger partial charge in [0.15, 0.2) is 3.98 Å². The molecule has 0 bridgehead atoms. The summed E-state index contributed by atoms with van der Waals surface area (Å²) in [5.74, 6) is 0. The average Bonchev–Trinajstić information content (AvgIpc) is 2.87. The molecule has 0 N–H and O–H groups in total. The average molecular weight is 271 g/mol. The Bertz CT molecular complexity index is 564. The lowest BCUT2D eigenvalue weighted by molar-refractivity contribution is -0.380. The van der Waals surface area contributed by atoms with Gasteiger partial charge in [-0.3, -0.25) is 10.1 Å². The van der Waals surface area contributed by atoms with Crippen LogP contribution < -0.4 is 3.98 Å². The summed E-state index contributed by atoms with van der Waals surface area (Å²) in [5.41, 5.74) is 0. The third kappa shape index (κ3) is 2.81. The predicted octanol–water partition coefficient (Wildman–Crippen LogP) is 2.71. The first-order valence-electron chi connectivity index (χ1n) is 4.09. The Labute approximate surface area is 102 Å². The second kappa shape index (κ2) is 5.10. The van der Waals surface area contributed by atoms with Crippen LogP contribution in [0.1, 0.15) is 4.88 Å². The summed E-state index contributed by atoms with van der Waals surface area (Å²) in [7, 11) is 0. The van der Waals surface area contributed by atoms with Gasteiger partial charge in [-0.15, -0.1) is 27.8 Å². The zero-order valence-electron chi connectivity index (χ0n) is 7.77. The highest BCUT2D eigenvalue weighted by molar-refractivity contribution is 7.24. The molecule has 0 aliphatic heterocycles. The van der Waals surface area contributed by atoms with E-state index in [4.69, 9.17) is 0 Å². The predicted molar refractivity (Wildman–Crippen MR) is 66.3 cm³/mol. The molecule has 0 unspecified atom stereocenters. The van der Waals surface area contributed by atoms with E-state index >= 15 is 0 Å². The first-order chi connectivity index (χ1) is 7.75. The van der Waals surface area contributed by atoms with Crippen LogP contribution in [-0.2, 0) is 0 Å². The molecule has 0 amide bonds. The highest BCUT2D eigenvalue weighted by Gasteiger charge is 2.07. The lowest BCUT2D eigenvalue weighted by atomic mass is 10.5. The molecule has 2 aromatic heterocycles. The van der Waals surface area contributed by atoms with Crippen LogP contribution in [0.3, 0.4) is 0 Å². The van der Waals surface area contributed by atoms with Crippen molar-refractivity contribution in [1.29, 1.82) is 0 Å². The van der Waals surface area contributed by atoms with Gasteiger partial charge in [0.1, 0.15) is 0 Å². The van der Waals surface area contributed by atoms with Crippen molar-refractivity contribution < 1.29 is 4.92 Å². The number of hydrogen-bond donors (Lipinski definition) is 0. The van der Waals surface area contributed by atoms with Gasteiger partial charge in [-0.2, -0.15) is 5.10 Å². The molecule has 0 aromatic carbocycles. The van der Waals surface area contributed by atoms with Crippen molar-refractivity contribution in [3.05, 3.63) is 41.9 Å². The number of nitro groups is 1. The minimum Gasteiger partial charge on any atom is -0.258 e. The Morgan fingerprint density at radius 1 is 1.31 bits per heavy atom. The fourth-order valence-electron chi connectivity index (χ4n) is 0.890. The smallest absolute Gasteiger partial charge is 0.258 e. The summed E-state index contributed by atoms with van der Waals surface area (Å²) < 4.78 is 0.849. The maximum Gasteiger partial charge on any atom is 0.324 e. The van der Waals surface area contributed by atoms with E-state index < -0.39 is 4.92 Å². The van der Waals surface area contributed by atoms with Gasteiger partial charge >= 0.3 is 5.00 Å². The van der Waals surface area contributed by atoms with E-state index in [0.717, 1.165) is 20.2 Å². The first kappa shape index (κ1) is 11.1. The largest absolute Gasteiger partial charge is 0.324 e. The molecular formula is C8H5N3O2S3. The van der Waals surface area contributed by atoms with Crippen molar-refractivity contribution in [2.24, 2.45) is 10.2 Å². The lowest BCUT2D eigenvalue weighted by Crippen LogP contribution is -1.82. The Hall–Kier alpha value is -1.38. The molecule has 2 heterocycles. The number of nitrogens with zero attached hydrogens (tertiary/aromatic N) is 3. The van der Waals surface area contributed by atoms with Crippen molar-refractivity contribution in [2.75, 3.05) is 0 Å². The van der Waals surface area contributed by atoms with Crippen LogP contribution in [0.2, 0.25) is 0 Å². The maximum atomic E-state index is 10.4. The highest BCUT2D eigenvalue weighted by atomic mass is 32.2. The van der Waals surface area contributed by atoms with Crippen LogP contribution in [-0.4, -0.2) is 11.1 Å². The lowest BCUT2D eigenvalue weighted by Gasteiger charge is -1.80. The minimum absolute atomic E-state index is 0.111. The van der Waals surface area contributed by atoms with Gasteiger partial charge < -0.3 is 0 Å². The summed E-state index contributed by atoms with van der Waals surface area (Å²) in [4.78, 5) is 10.7. The Balaban J connectivity index is 2.12. The van der Waals surface area contributed by atoms with E-state index in [9.17, 15) is 10.1 Å². The van der Waals surface area contributed by atoms with Crippen LogP contribution in [0.25, 0.3) is 0 Å². The minimum atomic E-state index is -0.416. The normalized spacial score (nSPS) is 10.8. The molecule has 82 valence electrons. The van der Waals surface area contributed by atoms with E-state index in [1.165, 1.54) is 35.0 Å². The summed E-state index contributed by atoms with van der Waals surface area (Å²) in [6.45, 7) is 0. The second-order valence-electron chi connectivity index (χ2n) is 2.55. The number of hydrogen-bond acceptors (Lipinski definition) is 7. The van der Waals surface area contributed by atoms with Crippen molar-refractivity contribution in [1.82, 2.24) is 0 Å². The molecule has 0 saturated heterocycles. The highest BCUT2D eigenvalue weighted by Crippen LogP contribution is 2.22. The van der Waals surface area contributed by atoms with E-state index in [0.29, 0.717) is 0 Å². The SMILES string of the molecule is O=[N+]([O-])c1ccc(/C=N/N=c2sccs2)s1. The van der Waals surface area contributed by atoms with Crippen LogP contribution in [0.4, 0.5) is 5.00 Å². The quantitative estimate of drug-likeness (QED) is 0.489. The third-order valence-corrected chi connectivity index (χ3v) is 4.34. The molecule has 0 aliphatic rings. The van der Waals surface area contributed by atoms with Gasteiger partial charge in [-0.1, -0.05) is 11.3 Å². The topological polar surface area (TPSA) is 67.9 Å². The summed E-state index contributed by atoms with van der Waals surface area (Å²) in [6.07, 6.45) is 1.52. The fourth-order valence-corrected chi connectivity index (χ4v) is 3.00. The van der Waals surface area contributed by atoms with Gasteiger partial charge in [0.25, 0.3) is 0 Å². The summed E-state index contributed by atoms with van der Waals surface area (Å²) >= 11 is 4.08. The molecule has 0 radical (unpaired) electrons. The fraction of sp³-hybridized carbons (Fsp3) is 0. The van der Waals surface area contributed by atoms with Gasteiger partial charge in [0.2, 0.25) is 0 Å². The molecule has 16 heavy (non-hydrogen) atoms. The zero-order chi connectivity index (χ0) is 11.4. The van der Waals surface area contributed by atoms with Crippen LogP contribution >= 0.6 is 34.0 Å². The van der Waals surface area contributed by atoms with E-state index in [1.807, 2.05) is 10.8 Å². The van der Waals surface area contributed by atoms with Gasteiger partial charge in [0, 0.05) is 16.8 Å². The standard InChI is InChI=1S/C8H5N3O2S3/c12-11(13)7-2-1-6(16-7)5-9-10-8-14-3-4-15-8/h1-5H/b9-5+. The van der Waals surface area contributed by atoms with Crippen molar-refractivity contribution in [3.63, 3.8) is 0 Å². The molecule has 0 fully saturated rings. The van der Waals surface area contributed by atoms with Gasteiger partial charge in [0.05, 0.1) is 16.0 Å². The molecular weight excluding hydrogens is 266 g/mol. The first-order valence-corrected chi connectivity index (χ1v) is 6.67. The molecule has 2 rings (SSSR count). The Morgan fingerprint density at radius 2 is 2.06 bits per heavy atom. The number of rotatable bonds is 3. The van der Waals surface area contributed by atoms with Gasteiger partial charge in [-0.05, 0) is 6.07 Å². The van der Waals surface area contributed by atoms with E-state index in [-0.39, 0.29) is 5.00 Å². The molecule has 0 aliphatic carbocycles. The maximum absolute atomic E-state index is 10.4.